The largest absolute Gasteiger partial charge is 3.00 e. The molecule has 0 aliphatic carbocycles. The Balaban J connectivity index is -0.00000000178. The normalized spacial score (nSPS) is 2.80. The maximum absolute atomic E-state index is 5.14. The molecule has 11 heteroatoms. The first-order valence-corrected chi connectivity index (χ1v) is 2.12. The quantitative estimate of drug-likeness (QED) is 0.474. The van der Waals surface area contributed by atoms with Crippen LogP contribution in [0.4, 0.5) is 0 Å². The third kappa shape index (κ3) is 269. The minimum Gasteiger partial charge on any atom is -1.00 e. The van der Waals surface area contributed by atoms with Gasteiger partial charge in [0.2, 0.25) is 0 Å². The third-order valence-corrected chi connectivity index (χ3v) is 0.558. The molecule has 0 aliphatic heterocycles. The summed E-state index contributed by atoms with van der Waals surface area (Å²) in [6, 6.07) is 0. The van der Waals surface area contributed by atoms with Crippen molar-refractivity contribution in [1.82, 2.24) is 0 Å². The summed E-state index contributed by atoms with van der Waals surface area (Å²) in [7, 11) is 0. The fourth-order valence-corrected chi connectivity index (χ4v) is 0.204. The monoisotopic (exact) mass is 342 g/mol. The van der Waals surface area contributed by atoms with Crippen molar-refractivity contribution < 1.29 is 87.1 Å². The van der Waals surface area contributed by atoms with Gasteiger partial charge in [0.05, 0.1) is 0 Å². The molecule has 15 heavy (non-hydrogen) atoms. The van der Waals surface area contributed by atoms with E-state index in [-0.39, 0.29) is 87.1 Å². The van der Waals surface area contributed by atoms with Gasteiger partial charge in [0.1, 0.15) is 0 Å². The van der Waals surface area contributed by atoms with Crippen LogP contribution in [-0.4, -0.2) is 39.4 Å². The molecular weight excluding hydrogens is 320 g/mol. The van der Waals surface area contributed by atoms with E-state index in [4.69, 9.17) is 5.73 Å². The summed E-state index contributed by atoms with van der Waals surface area (Å²) in [5.74, 6) is 0. The van der Waals surface area contributed by atoms with Crippen LogP contribution in [-0.2, 0) is 17.1 Å². The summed E-state index contributed by atoms with van der Waals surface area (Å²) in [5.41, 5.74) is 5.14. The van der Waals surface area contributed by atoms with Crippen molar-refractivity contribution in [1.29, 1.82) is 0 Å². The number of unbranched alkanes of at least 4 members (excludes halogenated alkanes) is 1. The van der Waals surface area contributed by atoms with Crippen LogP contribution in [0.25, 0.3) is 0 Å². The maximum atomic E-state index is 5.14. The Hall–Kier alpha value is 1.11. The van der Waals surface area contributed by atoms with E-state index in [1.54, 1.807) is 0 Å². The summed E-state index contributed by atoms with van der Waals surface area (Å²) in [6.45, 7) is 2.98. The molecule has 14 N–H and O–H groups in total. The fraction of sp³-hybridized carbons (Fsp3) is 1.00. The van der Waals surface area contributed by atoms with Gasteiger partial charge in [-0.3, -0.25) is 0 Å². The molecule has 109 valence electrons. The molecule has 0 aromatic heterocycles. The van der Waals surface area contributed by atoms with E-state index in [0.29, 0.717) is 0 Å². The molecule has 7 nitrogen and oxygen atoms in total. The first-order valence-electron chi connectivity index (χ1n) is 2.12. The van der Waals surface area contributed by atoms with Crippen molar-refractivity contribution in [3.05, 3.63) is 0 Å². The van der Waals surface area contributed by atoms with Crippen LogP contribution in [0.3, 0.4) is 0 Å². The van der Waals surface area contributed by atoms with Crippen LogP contribution in [0.1, 0.15) is 19.8 Å². The van der Waals surface area contributed by atoms with E-state index in [0.717, 1.165) is 6.54 Å². The summed E-state index contributed by atoms with van der Waals surface area (Å²) in [5, 5.41) is 0. The van der Waals surface area contributed by atoms with Crippen LogP contribution in [0, 0.1) is 0 Å². The first kappa shape index (κ1) is 141. The van der Waals surface area contributed by atoms with Crippen LogP contribution < -0.4 is 43.0 Å². The molecule has 0 unspecified atom stereocenters. The second-order valence-corrected chi connectivity index (χ2v) is 1.14. The van der Waals surface area contributed by atoms with Gasteiger partial charge < -0.3 is 75.8 Å². The molecule has 0 saturated heterocycles. The molecule has 0 aliphatic rings. The Morgan fingerprint density at radius 2 is 0.933 bits per heavy atom. The SMILES string of the molecule is CCCCN.O.O.O.O.O.O.[Cl-].[Cl-].[Cl-].[Fe+3]. The number of rotatable bonds is 2. The Morgan fingerprint density at radius 3 is 0.933 bits per heavy atom. The second-order valence-electron chi connectivity index (χ2n) is 1.14. The molecule has 0 saturated carbocycles. The first-order chi connectivity index (χ1) is 2.41. The Kier molecular flexibility index (Phi) is 1670. The van der Waals surface area contributed by atoms with Crippen molar-refractivity contribution >= 4 is 0 Å². The molecular formula is C4H23Cl3FeNO6. The van der Waals surface area contributed by atoms with Gasteiger partial charge in [0.25, 0.3) is 0 Å². The fourth-order valence-electron chi connectivity index (χ4n) is 0.204. The number of hydrogen-bond acceptors (Lipinski definition) is 1. The van der Waals surface area contributed by atoms with Gasteiger partial charge in [0, 0.05) is 0 Å². The zero-order valence-corrected chi connectivity index (χ0v) is 11.6. The average Bonchev–Trinajstić information content (AvgIpc) is 1.41. The van der Waals surface area contributed by atoms with Gasteiger partial charge in [0.15, 0.2) is 0 Å². The van der Waals surface area contributed by atoms with E-state index in [1.165, 1.54) is 12.8 Å². The summed E-state index contributed by atoms with van der Waals surface area (Å²) < 4.78 is 0. The smallest absolute Gasteiger partial charge is 1.00 e. The van der Waals surface area contributed by atoms with Crippen LogP contribution >= 0.6 is 0 Å². The summed E-state index contributed by atoms with van der Waals surface area (Å²) >= 11 is 0. The van der Waals surface area contributed by atoms with Gasteiger partial charge in [-0.05, 0) is 13.0 Å². The molecule has 0 amide bonds. The minimum atomic E-state index is 0. The molecule has 0 atom stereocenters. The Labute approximate surface area is 119 Å². The van der Waals surface area contributed by atoms with Gasteiger partial charge >= 0.3 is 17.1 Å². The van der Waals surface area contributed by atoms with Crippen molar-refractivity contribution in [2.75, 3.05) is 6.54 Å². The van der Waals surface area contributed by atoms with Gasteiger partial charge in [-0.15, -0.1) is 0 Å². The van der Waals surface area contributed by atoms with Gasteiger partial charge in [-0.1, -0.05) is 13.3 Å². The Morgan fingerprint density at radius 1 is 0.733 bits per heavy atom. The van der Waals surface area contributed by atoms with Crippen molar-refractivity contribution in [2.24, 2.45) is 5.73 Å². The summed E-state index contributed by atoms with van der Waals surface area (Å²) in [4.78, 5) is 0. The molecule has 0 fully saturated rings. The molecule has 0 heterocycles. The predicted molar refractivity (Wildman–Crippen MR) is 45.6 cm³/mol. The van der Waals surface area contributed by atoms with Gasteiger partial charge in [-0.25, -0.2) is 0 Å². The van der Waals surface area contributed by atoms with Crippen LogP contribution in [0.15, 0.2) is 0 Å². The van der Waals surface area contributed by atoms with Crippen molar-refractivity contribution in [2.45, 2.75) is 19.8 Å². The molecule has 1 radical (unpaired) electrons. The second kappa shape index (κ2) is 178. The number of nitrogens with two attached hydrogens (primary N) is 1. The third-order valence-electron chi connectivity index (χ3n) is 0.558. The zero-order chi connectivity index (χ0) is 4.12. The topological polar surface area (TPSA) is 215 Å². The minimum absolute atomic E-state index is 0. The van der Waals surface area contributed by atoms with E-state index in [2.05, 4.69) is 6.92 Å². The molecule has 0 aromatic carbocycles. The van der Waals surface area contributed by atoms with Crippen molar-refractivity contribution in [3.8, 4) is 0 Å². The number of hydrogen-bond donors (Lipinski definition) is 1. The van der Waals surface area contributed by atoms with Crippen LogP contribution in [0.5, 0.6) is 0 Å². The molecule has 0 aromatic rings. The molecule has 0 bridgehead atoms. The standard InChI is InChI=1S/C4H11N.3ClH.Fe.6H2O/c1-2-3-4-5;;;;;;;;;;/h2-5H2,1H3;3*1H;;6*1H2/q;;;;+3;;;;;;/p-3. The van der Waals surface area contributed by atoms with E-state index < -0.39 is 0 Å². The van der Waals surface area contributed by atoms with E-state index >= 15 is 0 Å². The predicted octanol–water partition coefficient (Wildman–Crippen LogP) is -13.2. The summed E-state index contributed by atoms with van der Waals surface area (Å²) in [6.07, 6.45) is 2.39. The van der Waals surface area contributed by atoms with E-state index in [9.17, 15) is 0 Å². The van der Waals surface area contributed by atoms with E-state index in [1.807, 2.05) is 0 Å². The number of halogens is 3. The zero-order valence-electron chi connectivity index (χ0n) is 8.19. The molecule has 0 spiro atoms. The molecule has 0 rings (SSSR count). The average molecular weight is 343 g/mol. The Bertz CT molecular complexity index is 37.8. The van der Waals surface area contributed by atoms with Gasteiger partial charge in [-0.2, -0.15) is 0 Å². The van der Waals surface area contributed by atoms with Crippen LogP contribution in [0.2, 0.25) is 0 Å². The van der Waals surface area contributed by atoms with Crippen molar-refractivity contribution in [3.63, 3.8) is 0 Å². The maximum Gasteiger partial charge on any atom is 3.00 e.